The number of nitrogens with one attached hydrogen (secondary N) is 1. The summed E-state index contributed by atoms with van der Waals surface area (Å²) in [4.78, 5) is 12.9. The molecule has 7 nitrogen and oxygen atoms in total. The number of para-hydroxylation sites is 1. The van der Waals surface area contributed by atoms with Gasteiger partial charge in [-0.2, -0.15) is 15.0 Å². The quantitative estimate of drug-likeness (QED) is 0.621. The lowest BCUT2D eigenvalue weighted by atomic mass is 10.1. The lowest BCUT2D eigenvalue weighted by molar-refractivity contribution is 0.856. The summed E-state index contributed by atoms with van der Waals surface area (Å²) in [5.41, 5.74) is 2.34. The van der Waals surface area contributed by atoms with E-state index in [1.54, 1.807) is 23.1 Å². The van der Waals surface area contributed by atoms with Crippen molar-refractivity contribution in [1.82, 2.24) is 24.7 Å². The van der Waals surface area contributed by atoms with Gasteiger partial charge in [-0.3, -0.25) is 0 Å². The molecular formula is C18H13N7. The van der Waals surface area contributed by atoms with E-state index in [9.17, 15) is 5.26 Å². The summed E-state index contributed by atoms with van der Waals surface area (Å²) in [5, 5.41) is 17.8. The van der Waals surface area contributed by atoms with Crippen LogP contribution in [0.25, 0.3) is 16.7 Å². The number of pyridine rings is 1. The number of hydrogen-bond donors (Lipinski definition) is 1. The molecule has 3 heterocycles. The lowest BCUT2D eigenvalue weighted by Gasteiger charge is -2.10. The van der Waals surface area contributed by atoms with Gasteiger partial charge in [0.25, 0.3) is 0 Å². The van der Waals surface area contributed by atoms with Crippen molar-refractivity contribution in [3.8, 4) is 11.9 Å². The zero-order chi connectivity index (χ0) is 17.2. The summed E-state index contributed by atoms with van der Waals surface area (Å²) >= 11 is 0. The molecule has 0 unspecified atom stereocenters. The smallest absolute Gasteiger partial charge is 0.228 e. The summed E-state index contributed by atoms with van der Waals surface area (Å²) in [6.07, 6.45) is 4.75. The van der Waals surface area contributed by atoms with Gasteiger partial charge in [-0.1, -0.05) is 18.2 Å². The van der Waals surface area contributed by atoms with E-state index in [-0.39, 0.29) is 0 Å². The van der Waals surface area contributed by atoms with E-state index >= 15 is 0 Å². The van der Waals surface area contributed by atoms with E-state index in [2.05, 4.69) is 31.4 Å². The average molecular weight is 327 g/mol. The Balaban J connectivity index is 1.86. The fourth-order valence-electron chi connectivity index (χ4n) is 2.63. The van der Waals surface area contributed by atoms with Gasteiger partial charge in [0.05, 0.1) is 11.7 Å². The molecule has 0 saturated heterocycles. The second kappa shape index (κ2) is 6.02. The van der Waals surface area contributed by atoms with Crippen LogP contribution >= 0.6 is 0 Å². The highest BCUT2D eigenvalue weighted by Crippen LogP contribution is 2.24. The van der Waals surface area contributed by atoms with Crippen molar-refractivity contribution >= 4 is 22.7 Å². The van der Waals surface area contributed by atoms with Gasteiger partial charge in [-0.05, 0) is 30.7 Å². The molecule has 0 amide bonds. The molecule has 0 fully saturated rings. The molecule has 4 aromatic rings. The van der Waals surface area contributed by atoms with Crippen LogP contribution in [0.1, 0.15) is 11.1 Å². The van der Waals surface area contributed by atoms with Crippen LogP contribution in [0.2, 0.25) is 0 Å². The van der Waals surface area contributed by atoms with Crippen molar-refractivity contribution in [2.75, 3.05) is 5.32 Å². The Hall–Kier alpha value is -3.79. The van der Waals surface area contributed by atoms with Gasteiger partial charge in [0.2, 0.25) is 5.95 Å². The first-order chi connectivity index (χ1) is 12.3. The van der Waals surface area contributed by atoms with Crippen molar-refractivity contribution in [3.05, 3.63) is 66.1 Å². The molecule has 25 heavy (non-hydrogen) atoms. The van der Waals surface area contributed by atoms with E-state index in [4.69, 9.17) is 0 Å². The van der Waals surface area contributed by atoms with Gasteiger partial charge in [0.1, 0.15) is 11.6 Å². The fraction of sp³-hybridized carbons (Fsp3) is 0.0556. The van der Waals surface area contributed by atoms with E-state index in [0.717, 1.165) is 16.5 Å². The number of anilines is 2. The number of benzene rings is 1. The molecule has 0 aliphatic rings. The molecule has 4 rings (SSSR count). The minimum absolute atomic E-state index is 0.387. The van der Waals surface area contributed by atoms with Crippen molar-refractivity contribution in [2.45, 2.75) is 6.92 Å². The third-order valence-electron chi connectivity index (χ3n) is 3.81. The van der Waals surface area contributed by atoms with Crippen LogP contribution in [-0.4, -0.2) is 24.7 Å². The molecule has 120 valence electrons. The van der Waals surface area contributed by atoms with Gasteiger partial charge in [-0.25, -0.2) is 15.0 Å². The molecule has 0 spiro atoms. The second-order valence-electron chi connectivity index (χ2n) is 5.44. The number of rotatable bonds is 3. The highest BCUT2D eigenvalue weighted by Gasteiger charge is 2.15. The zero-order valence-electron chi connectivity index (χ0n) is 13.4. The Morgan fingerprint density at radius 1 is 1.12 bits per heavy atom. The fourth-order valence-corrected chi connectivity index (χ4v) is 2.63. The highest BCUT2D eigenvalue weighted by molar-refractivity contribution is 5.83. The van der Waals surface area contributed by atoms with Crippen LogP contribution < -0.4 is 5.32 Å². The second-order valence-corrected chi connectivity index (χ2v) is 5.44. The molecule has 1 N–H and O–H groups in total. The van der Waals surface area contributed by atoms with Gasteiger partial charge < -0.3 is 5.32 Å². The normalized spacial score (nSPS) is 10.6. The average Bonchev–Trinajstić information content (AvgIpc) is 3.05. The minimum Gasteiger partial charge on any atom is -0.307 e. The molecule has 0 aliphatic carbocycles. The van der Waals surface area contributed by atoms with Crippen LogP contribution in [0.5, 0.6) is 0 Å². The van der Waals surface area contributed by atoms with E-state index < -0.39 is 0 Å². The summed E-state index contributed by atoms with van der Waals surface area (Å²) in [5.74, 6) is 1.49. The summed E-state index contributed by atoms with van der Waals surface area (Å²) in [6, 6.07) is 13.7. The van der Waals surface area contributed by atoms with Gasteiger partial charge in [-0.15, -0.1) is 0 Å². The Kier molecular flexibility index (Phi) is 3.56. The summed E-state index contributed by atoms with van der Waals surface area (Å²) < 4.78 is 1.59. The van der Waals surface area contributed by atoms with Gasteiger partial charge >= 0.3 is 0 Å². The predicted molar refractivity (Wildman–Crippen MR) is 93.6 cm³/mol. The highest BCUT2D eigenvalue weighted by atomic mass is 15.4. The third kappa shape index (κ3) is 2.66. The number of aryl methyl sites for hydroxylation is 1. The van der Waals surface area contributed by atoms with Crippen LogP contribution in [0.3, 0.4) is 0 Å². The molecule has 0 radical (unpaired) electrons. The summed E-state index contributed by atoms with van der Waals surface area (Å²) in [7, 11) is 0. The minimum atomic E-state index is 0.387. The first kappa shape index (κ1) is 14.8. The zero-order valence-corrected chi connectivity index (χ0v) is 13.4. The SMILES string of the molecule is Cc1cc(-n2ncc(C#N)c2Nc2ncccn2)nc2ccccc12. The van der Waals surface area contributed by atoms with E-state index in [1.165, 1.54) is 6.20 Å². The molecule has 3 aromatic heterocycles. The Bertz CT molecular complexity index is 1090. The maximum Gasteiger partial charge on any atom is 0.228 e. The molecule has 0 saturated carbocycles. The van der Waals surface area contributed by atoms with Crippen LogP contribution in [0.4, 0.5) is 11.8 Å². The Morgan fingerprint density at radius 2 is 1.92 bits per heavy atom. The van der Waals surface area contributed by atoms with Crippen molar-refractivity contribution in [1.29, 1.82) is 5.26 Å². The molecule has 0 atom stereocenters. The van der Waals surface area contributed by atoms with Crippen molar-refractivity contribution in [3.63, 3.8) is 0 Å². The van der Waals surface area contributed by atoms with E-state index in [1.807, 2.05) is 37.3 Å². The van der Waals surface area contributed by atoms with Crippen LogP contribution in [0, 0.1) is 18.3 Å². The van der Waals surface area contributed by atoms with Gasteiger partial charge in [0.15, 0.2) is 11.6 Å². The maximum absolute atomic E-state index is 9.38. The van der Waals surface area contributed by atoms with Crippen molar-refractivity contribution < 1.29 is 0 Å². The van der Waals surface area contributed by atoms with Gasteiger partial charge in [0, 0.05) is 17.8 Å². The Morgan fingerprint density at radius 3 is 2.72 bits per heavy atom. The molecular weight excluding hydrogens is 314 g/mol. The summed E-state index contributed by atoms with van der Waals surface area (Å²) in [6.45, 7) is 2.02. The first-order valence-electron chi connectivity index (χ1n) is 7.65. The Labute approximate surface area is 143 Å². The number of nitrogens with zero attached hydrogens (tertiary/aromatic N) is 6. The standard InChI is InChI=1S/C18H13N7/c1-12-9-16(23-15-6-3-2-5-14(12)15)25-17(13(10-19)11-22-25)24-18-20-7-4-8-21-18/h2-9,11H,1H3,(H,20,21,24). The molecule has 7 heteroatoms. The maximum atomic E-state index is 9.38. The number of hydrogen-bond acceptors (Lipinski definition) is 6. The number of fused-ring (bicyclic) bond motifs is 1. The number of aromatic nitrogens is 5. The van der Waals surface area contributed by atoms with Crippen molar-refractivity contribution in [2.24, 2.45) is 0 Å². The monoisotopic (exact) mass is 327 g/mol. The molecule has 1 aromatic carbocycles. The van der Waals surface area contributed by atoms with E-state index in [0.29, 0.717) is 23.1 Å². The molecule has 0 aliphatic heterocycles. The van der Waals surface area contributed by atoms with Crippen LogP contribution in [-0.2, 0) is 0 Å². The lowest BCUT2D eigenvalue weighted by Crippen LogP contribution is -2.07. The third-order valence-corrected chi connectivity index (χ3v) is 3.81. The molecule has 0 bridgehead atoms. The first-order valence-corrected chi connectivity index (χ1v) is 7.65. The largest absolute Gasteiger partial charge is 0.307 e. The number of nitriles is 1. The van der Waals surface area contributed by atoms with Crippen LogP contribution in [0.15, 0.2) is 55.0 Å². The topological polar surface area (TPSA) is 92.3 Å². The predicted octanol–water partition coefficient (Wildman–Crippen LogP) is 3.13.